The van der Waals surface area contributed by atoms with Crippen LogP contribution in [0.2, 0.25) is 0 Å². The van der Waals surface area contributed by atoms with Crippen LogP contribution in [0, 0.1) is 5.92 Å². The number of rotatable bonds is 11. The summed E-state index contributed by atoms with van der Waals surface area (Å²) in [4.78, 5) is 56.7. The fourth-order valence-corrected chi connectivity index (χ4v) is 1.75. The van der Waals surface area contributed by atoms with Gasteiger partial charge in [-0.15, -0.1) is 0 Å². The molecule has 0 bridgehead atoms. The van der Waals surface area contributed by atoms with Gasteiger partial charge in [-0.2, -0.15) is 0 Å². The number of carboxylic acids is 1. The molecule has 0 unspecified atom stereocenters. The van der Waals surface area contributed by atoms with Gasteiger partial charge in [-0.25, -0.2) is 0 Å². The number of hydrogen-bond acceptors (Lipinski definition) is 6. The van der Waals surface area contributed by atoms with E-state index in [0.29, 0.717) is 6.42 Å². The van der Waals surface area contributed by atoms with Crippen LogP contribution >= 0.6 is 0 Å². The van der Waals surface area contributed by atoms with Crippen molar-refractivity contribution in [1.29, 1.82) is 0 Å². The molecular formula is C15H27N5O6. The Kier molecular flexibility index (Phi) is 10.6. The molecule has 0 aromatic carbocycles. The first-order chi connectivity index (χ1) is 12.0. The van der Waals surface area contributed by atoms with Gasteiger partial charge in [0.25, 0.3) is 0 Å². The second-order valence-corrected chi connectivity index (χ2v) is 6.13. The van der Waals surface area contributed by atoms with Gasteiger partial charge in [-0.3, -0.25) is 24.0 Å². The lowest BCUT2D eigenvalue weighted by atomic mass is 10.0. The smallest absolute Gasteiger partial charge is 0.325 e. The van der Waals surface area contributed by atoms with E-state index in [4.69, 9.17) is 10.8 Å². The zero-order valence-corrected chi connectivity index (χ0v) is 15.1. The third-order valence-corrected chi connectivity index (χ3v) is 3.13. The molecule has 0 aromatic rings. The number of nitrogens with two attached hydrogens (primary N) is 1. The van der Waals surface area contributed by atoms with Gasteiger partial charge >= 0.3 is 5.97 Å². The fraction of sp³-hybridized carbons (Fsp3) is 0.667. The topological polar surface area (TPSA) is 180 Å². The standard InChI is InChI=1S/C15H27N5O6/c1-8(2)4-10(16)14(24)19-6-12(22)17-5-11(21)18-7-13(23)20-9(3)15(25)26/h8-10H,4-7,16H2,1-3H3,(H,17,22)(H,18,21)(H,19,24)(H,20,23)(H,25,26)/t9-,10-/m0/s1. The van der Waals surface area contributed by atoms with E-state index in [9.17, 15) is 24.0 Å². The quantitative estimate of drug-likeness (QED) is 0.228. The second-order valence-electron chi connectivity index (χ2n) is 6.13. The van der Waals surface area contributed by atoms with Gasteiger partial charge in [-0.05, 0) is 19.3 Å². The van der Waals surface area contributed by atoms with Crippen LogP contribution in [0.1, 0.15) is 27.2 Å². The predicted molar refractivity (Wildman–Crippen MR) is 91.7 cm³/mol. The van der Waals surface area contributed by atoms with E-state index in [1.807, 2.05) is 13.8 Å². The van der Waals surface area contributed by atoms with Crippen molar-refractivity contribution < 1.29 is 29.1 Å². The van der Waals surface area contributed by atoms with E-state index in [1.54, 1.807) is 0 Å². The van der Waals surface area contributed by atoms with E-state index in [0.717, 1.165) is 0 Å². The number of carboxylic acid groups (broad SMARTS) is 1. The van der Waals surface area contributed by atoms with E-state index in [2.05, 4.69) is 21.3 Å². The molecule has 4 amide bonds. The number of carbonyl (C=O) groups is 5. The third-order valence-electron chi connectivity index (χ3n) is 3.13. The van der Waals surface area contributed by atoms with E-state index in [1.165, 1.54) is 6.92 Å². The Bertz CT molecular complexity index is 537. The monoisotopic (exact) mass is 373 g/mol. The first kappa shape index (κ1) is 23.3. The molecule has 11 heteroatoms. The molecule has 0 aliphatic rings. The van der Waals surface area contributed by atoms with Crippen LogP contribution in [0.4, 0.5) is 0 Å². The number of amides is 4. The summed E-state index contributed by atoms with van der Waals surface area (Å²) in [7, 11) is 0. The zero-order chi connectivity index (χ0) is 20.3. The van der Waals surface area contributed by atoms with Crippen LogP contribution in [0.15, 0.2) is 0 Å². The second kappa shape index (κ2) is 11.8. The van der Waals surface area contributed by atoms with Gasteiger partial charge in [0.05, 0.1) is 25.7 Å². The molecule has 148 valence electrons. The van der Waals surface area contributed by atoms with Crippen molar-refractivity contribution in [2.24, 2.45) is 11.7 Å². The summed E-state index contributed by atoms with van der Waals surface area (Å²) in [5.74, 6) is -3.32. The first-order valence-corrected chi connectivity index (χ1v) is 8.11. The van der Waals surface area contributed by atoms with Gasteiger partial charge in [0.15, 0.2) is 0 Å². The Morgan fingerprint density at radius 2 is 1.31 bits per heavy atom. The fourth-order valence-electron chi connectivity index (χ4n) is 1.75. The summed E-state index contributed by atoms with van der Waals surface area (Å²) in [6, 6.07) is -1.79. The van der Waals surface area contributed by atoms with Crippen LogP contribution in [0.5, 0.6) is 0 Å². The molecule has 26 heavy (non-hydrogen) atoms. The van der Waals surface area contributed by atoms with Crippen molar-refractivity contribution in [2.75, 3.05) is 19.6 Å². The lowest BCUT2D eigenvalue weighted by Crippen LogP contribution is -2.48. The number of nitrogens with one attached hydrogen (secondary N) is 4. The molecule has 0 spiro atoms. The molecule has 0 aliphatic carbocycles. The minimum atomic E-state index is -1.20. The van der Waals surface area contributed by atoms with Crippen molar-refractivity contribution in [3.63, 3.8) is 0 Å². The Morgan fingerprint density at radius 3 is 1.77 bits per heavy atom. The number of carbonyl (C=O) groups excluding carboxylic acids is 4. The van der Waals surface area contributed by atoms with Gasteiger partial charge in [-0.1, -0.05) is 13.8 Å². The van der Waals surface area contributed by atoms with Crippen LogP contribution in [-0.2, 0) is 24.0 Å². The highest BCUT2D eigenvalue weighted by Gasteiger charge is 2.16. The summed E-state index contributed by atoms with van der Waals surface area (Å²) in [6.45, 7) is 3.97. The molecule has 0 radical (unpaired) electrons. The SMILES string of the molecule is CC(C)C[C@H](N)C(=O)NCC(=O)NCC(=O)NCC(=O)N[C@@H](C)C(=O)O. The molecule has 7 N–H and O–H groups in total. The average Bonchev–Trinajstić information content (AvgIpc) is 2.54. The van der Waals surface area contributed by atoms with Crippen LogP contribution in [0.25, 0.3) is 0 Å². The van der Waals surface area contributed by atoms with Crippen LogP contribution in [-0.4, -0.2) is 66.4 Å². The van der Waals surface area contributed by atoms with Crippen LogP contribution in [0.3, 0.4) is 0 Å². The maximum Gasteiger partial charge on any atom is 0.325 e. The molecule has 0 rings (SSSR count). The maximum absolute atomic E-state index is 11.7. The zero-order valence-electron chi connectivity index (χ0n) is 15.1. The molecule has 0 heterocycles. The minimum Gasteiger partial charge on any atom is -0.480 e. The summed E-state index contributed by atoms with van der Waals surface area (Å²) in [5.41, 5.74) is 5.67. The highest BCUT2D eigenvalue weighted by molar-refractivity contribution is 5.91. The molecule has 0 aliphatic heterocycles. The summed E-state index contributed by atoms with van der Waals surface area (Å²) < 4.78 is 0. The van der Waals surface area contributed by atoms with Crippen molar-refractivity contribution >= 4 is 29.6 Å². The minimum absolute atomic E-state index is 0.240. The molecule has 0 fully saturated rings. The summed E-state index contributed by atoms with van der Waals surface area (Å²) in [6.07, 6.45) is 0.485. The van der Waals surface area contributed by atoms with Crippen molar-refractivity contribution in [1.82, 2.24) is 21.3 Å². The van der Waals surface area contributed by atoms with Gasteiger partial charge in [0.1, 0.15) is 6.04 Å². The normalized spacial score (nSPS) is 12.7. The highest BCUT2D eigenvalue weighted by Crippen LogP contribution is 2.02. The number of hydrogen-bond donors (Lipinski definition) is 6. The van der Waals surface area contributed by atoms with E-state index >= 15 is 0 Å². The van der Waals surface area contributed by atoms with Crippen molar-refractivity contribution in [3.05, 3.63) is 0 Å². The molecule has 11 nitrogen and oxygen atoms in total. The maximum atomic E-state index is 11.7. The summed E-state index contributed by atoms with van der Waals surface area (Å²) in [5, 5.41) is 17.6. The Labute approximate surface area is 151 Å². The highest BCUT2D eigenvalue weighted by atomic mass is 16.4. The Morgan fingerprint density at radius 1 is 0.846 bits per heavy atom. The Hall–Kier alpha value is -2.69. The number of aliphatic carboxylic acids is 1. The van der Waals surface area contributed by atoms with Crippen molar-refractivity contribution in [3.8, 4) is 0 Å². The lowest BCUT2D eigenvalue weighted by Gasteiger charge is -2.14. The third kappa shape index (κ3) is 11.0. The summed E-state index contributed by atoms with van der Waals surface area (Å²) >= 11 is 0. The lowest BCUT2D eigenvalue weighted by molar-refractivity contribution is -0.141. The van der Waals surface area contributed by atoms with E-state index < -0.39 is 54.8 Å². The first-order valence-electron chi connectivity index (χ1n) is 8.11. The largest absolute Gasteiger partial charge is 0.480 e. The van der Waals surface area contributed by atoms with Gasteiger partial charge in [0.2, 0.25) is 23.6 Å². The average molecular weight is 373 g/mol. The van der Waals surface area contributed by atoms with E-state index in [-0.39, 0.29) is 12.5 Å². The predicted octanol–water partition coefficient (Wildman–Crippen LogP) is -2.70. The molecule has 0 aromatic heterocycles. The van der Waals surface area contributed by atoms with Crippen LogP contribution < -0.4 is 27.0 Å². The Balaban J connectivity index is 3.98. The molecule has 2 atom stereocenters. The molecule has 0 saturated carbocycles. The van der Waals surface area contributed by atoms with Gasteiger partial charge in [0, 0.05) is 0 Å². The van der Waals surface area contributed by atoms with Gasteiger partial charge < -0.3 is 32.1 Å². The molecular weight excluding hydrogens is 346 g/mol. The molecule has 0 saturated heterocycles. The van der Waals surface area contributed by atoms with Crippen molar-refractivity contribution in [2.45, 2.75) is 39.3 Å².